The van der Waals surface area contributed by atoms with Crippen LogP contribution in [-0.4, -0.2) is 36.1 Å². The molecule has 1 aromatic heterocycles. The number of morpholine rings is 1. The average Bonchev–Trinajstić information content (AvgIpc) is 3.07. The molecular weight excluding hydrogens is 320 g/mol. The predicted molar refractivity (Wildman–Crippen MR) is 90.1 cm³/mol. The molecule has 6 nitrogen and oxygen atoms in total. The maximum absolute atomic E-state index is 12.8. The summed E-state index contributed by atoms with van der Waals surface area (Å²) in [6.45, 7) is 5.17. The number of nitrogens with zero attached hydrogens (tertiary/aromatic N) is 2. The summed E-state index contributed by atoms with van der Waals surface area (Å²) in [6.07, 6.45) is 1.48. The Morgan fingerprint density at radius 3 is 2.80 bits per heavy atom. The lowest BCUT2D eigenvalue weighted by Crippen LogP contribution is -2.48. The molecule has 0 aliphatic carbocycles. The van der Waals surface area contributed by atoms with Gasteiger partial charge in [0.1, 0.15) is 12.4 Å². The first-order valence-corrected chi connectivity index (χ1v) is 8.21. The van der Waals surface area contributed by atoms with Crippen LogP contribution in [0.1, 0.15) is 35.5 Å². The molecule has 2 aromatic rings. The highest BCUT2D eigenvalue weighted by Gasteiger charge is 2.29. The summed E-state index contributed by atoms with van der Waals surface area (Å²) in [5.41, 5.74) is 1.21. The topological polar surface area (TPSA) is 75.7 Å². The van der Waals surface area contributed by atoms with Gasteiger partial charge in [0.15, 0.2) is 5.76 Å². The lowest BCUT2D eigenvalue weighted by molar-refractivity contribution is -0.0592. The number of rotatable bonds is 4. The third-order valence-electron chi connectivity index (χ3n) is 4.01. The number of carbonyl (C=O) groups excluding carboxylic acids is 1. The van der Waals surface area contributed by atoms with Crippen LogP contribution >= 0.6 is 0 Å². The van der Waals surface area contributed by atoms with Gasteiger partial charge in [-0.25, -0.2) is 0 Å². The number of ether oxygens (including phenoxy) is 2. The Labute approximate surface area is 146 Å². The molecule has 1 amide bonds. The van der Waals surface area contributed by atoms with Crippen LogP contribution in [0.25, 0.3) is 0 Å². The Hall–Kier alpha value is -2.78. The van der Waals surface area contributed by atoms with E-state index in [4.69, 9.17) is 19.2 Å². The van der Waals surface area contributed by atoms with Gasteiger partial charge in [0.05, 0.1) is 30.1 Å². The first kappa shape index (κ1) is 17.1. The normalized spacial score (nSPS) is 20.1. The highest BCUT2D eigenvalue weighted by molar-refractivity contribution is 5.93. The number of nitriles is 1. The van der Waals surface area contributed by atoms with Crippen molar-refractivity contribution >= 4 is 5.91 Å². The molecular formula is C19H20N2O4. The first-order chi connectivity index (χ1) is 12.1. The molecule has 3 rings (SSSR count). The summed E-state index contributed by atoms with van der Waals surface area (Å²) >= 11 is 0. The van der Waals surface area contributed by atoms with Crippen LogP contribution in [0.4, 0.5) is 0 Å². The van der Waals surface area contributed by atoms with Crippen LogP contribution in [0, 0.1) is 11.3 Å². The average molecular weight is 340 g/mol. The van der Waals surface area contributed by atoms with Crippen LogP contribution in [0.2, 0.25) is 0 Å². The minimum atomic E-state index is -0.156. The van der Waals surface area contributed by atoms with E-state index in [-0.39, 0.29) is 30.5 Å². The third kappa shape index (κ3) is 4.01. The van der Waals surface area contributed by atoms with Crippen LogP contribution in [0.15, 0.2) is 41.0 Å². The molecule has 25 heavy (non-hydrogen) atoms. The molecule has 0 bridgehead atoms. The van der Waals surface area contributed by atoms with E-state index >= 15 is 0 Å². The highest BCUT2D eigenvalue weighted by Crippen LogP contribution is 2.20. The van der Waals surface area contributed by atoms with Crippen LogP contribution < -0.4 is 4.74 Å². The fourth-order valence-electron chi connectivity index (χ4n) is 2.94. The van der Waals surface area contributed by atoms with E-state index < -0.39 is 0 Å². The lowest BCUT2D eigenvalue weighted by atomic mass is 10.2. The zero-order valence-corrected chi connectivity index (χ0v) is 14.3. The molecule has 130 valence electrons. The molecule has 2 heterocycles. The van der Waals surface area contributed by atoms with E-state index in [2.05, 4.69) is 6.07 Å². The summed E-state index contributed by atoms with van der Waals surface area (Å²) < 4.78 is 16.8. The molecule has 0 N–H and O–H groups in total. The van der Waals surface area contributed by atoms with E-state index in [0.717, 1.165) is 0 Å². The molecule has 2 atom stereocenters. The Kier molecular flexibility index (Phi) is 5.05. The van der Waals surface area contributed by atoms with Crippen LogP contribution in [0.5, 0.6) is 5.75 Å². The summed E-state index contributed by atoms with van der Waals surface area (Å²) in [6, 6.07) is 10.7. The van der Waals surface area contributed by atoms with E-state index in [1.54, 1.807) is 35.2 Å². The standard InChI is InChI=1S/C19H20N2O4/c1-13-10-21(11-14(2)25-13)19(22)18-16(6-7-23-18)12-24-17-5-3-4-15(8-17)9-20/h3-8,13-14H,10-12H2,1-2H3/t13-,14+. The SMILES string of the molecule is C[C@@H]1CN(C(=O)c2occc2COc2cccc(C#N)c2)C[C@H](C)O1. The minimum Gasteiger partial charge on any atom is -0.489 e. The van der Waals surface area contributed by atoms with Crippen molar-refractivity contribution in [3.8, 4) is 11.8 Å². The number of hydrogen-bond acceptors (Lipinski definition) is 5. The molecule has 1 aliphatic heterocycles. The molecule has 0 saturated carbocycles. The molecule has 1 saturated heterocycles. The van der Waals surface area contributed by atoms with E-state index in [1.165, 1.54) is 6.26 Å². The van der Waals surface area contributed by atoms with E-state index in [1.807, 2.05) is 13.8 Å². The number of amides is 1. The van der Waals surface area contributed by atoms with Crippen molar-refractivity contribution in [1.82, 2.24) is 4.90 Å². The molecule has 0 spiro atoms. The zero-order valence-electron chi connectivity index (χ0n) is 14.3. The second-order valence-corrected chi connectivity index (χ2v) is 6.17. The Morgan fingerprint density at radius 1 is 1.32 bits per heavy atom. The quantitative estimate of drug-likeness (QED) is 0.855. The van der Waals surface area contributed by atoms with Crippen molar-refractivity contribution in [2.45, 2.75) is 32.7 Å². The van der Waals surface area contributed by atoms with Crippen molar-refractivity contribution in [1.29, 1.82) is 5.26 Å². The van der Waals surface area contributed by atoms with Gasteiger partial charge in [-0.05, 0) is 38.1 Å². The largest absolute Gasteiger partial charge is 0.489 e. The van der Waals surface area contributed by atoms with Gasteiger partial charge in [0, 0.05) is 18.7 Å². The van der Waals surface area contributed by atoms with Crippen LogP contribution in [0.3, 0.4) is 0 Å². The van der Waals surface area contributed by atoms with Gasteiger partial charge in [-0.15, -0.1) is 0 Å². The summed E-state index contributed by atoms with van der Waals surface area (Å²) in [5, 5.41) is 8.94. The minimum absolute atomic E-state index is 0.00363. The van der Waals surface area contributed by atoms with E-state index in [0.29, 0.717) is 30.0 Å². The zero-order chi connectivity index (χ0) is 17.8. The van der Waals surface area contributed by atoms with Crippen molar-refractivity contribution < 1.29 is 18.7 Å². The first-order valence-electron chi connectivity index (χ1n) is 8.21. The number of carbonyl (C=O) groups is 1. The van der Waals surface area contributed by atoms with Crippen molar-refractivity contribution in [3.63, 3.8) is 0 Å². The molecule has 0 unspecified atom stereocenters. The van der Waals surface area contributed by atoms with Gasteiger partial charge in [0.2, 0.25) is 0 Å². The summed E-state index contributed by atoms with van der Waals surface area (Å²) in [7, 11) is 0. The predicted octanol–water partition coefficient (Wildman–Crippen LogP) is 2.98. The number of benzene rings is 1. The smallest absolute Gasteiger partial charge is 0.290 e. The van der Waals surface area contributed by atoms with Gasteiger partial charge in [-0.3, -0.25) is 4.79 Å². The second-order valence-electron chi connectivity index (χ2n) is 6.17. The molecule has 1 aliphatic rings. The van der Waals surface area contributed by atoms with Crippen molar-refractivity contribution in [3.05, 3.63) is 53.5 Å². The summed E-state index contributed by atoms with van der Waals surface area (Å²) in [5.74, 6) is 0.710. The number of furan rings is 1. The van der Waals surface area contributed by atoms with Gasteiger partial charge >= 0.3 is 0 Å². The highest BCUT2D eigenvalue weighted by atomic mass is 16.5. The molecule has 1 aromatic carbocycles. The van der Waals surface area contributed by atoms with Gasteiger partial charge in [0.25, 0.3) is 5.91 Å². The lowest BCUT2D eigenvalue weighted by Gasteiger charge is -2.34. The maximum atomic E-state index is 12.8. The monoisotopic (exact) mass is 340 g/mol. The Balaban J connectivity index is 1.70. The Bertz CT molecular complexity index is 783. The maximum Gasteiger partial charge on any atom is 0.290 e. The van der Waals surface area contributed by atoms with Crippen LogP contribution in [-0.2, 0) is 11.3 Å². The Morgan fingerprint density at radius 2 is 2.08 bits per heavy atom. The van der Waals surface area contributed by atoms with Crippen molar-refractivity contribution in [2.24, 2.45) is 0 Å². The van der Waals surface area contributed by atoms with Gasteiger partial charge in [-0.2, -0.15) is 5.26 Å². The molecule has 0 radical (unpaired) electrons. The van der Waals surface area contributed by atoms with Crippen molar-refractivity contribution in [2.75, 3.05) is 13.1 Å². The third-order valence-corrected chi connectivity index (χ3v) is 4.01. The fourth-order valence-corrected chi connectivity index (χ4v) is 2.94. The molecule has 6 heteroatoms. The fraction of sp³-hybridized carbons (Fsp3) is 0.368. The molecule has 1 fully saturated rings. The second kappa shape index (κ2) is 7.41. The van der Waals surface area contributed by atoms with Gasteiger partial charge < -0.3 is 18.8 Å². The van der Waals surface area contributed by atoms with Gasteiger partial charge in [-0.1, -0.05) is 6.07 Å². The number of hydrogen-bond donors (Lipinski definition) is 0. The summed E-state index contributed by atoms with van der Waals surface area (Å²) in [4.78, 5) is 14.5. The van der Waals surface area contributed by atoms with E-state index in [9.17, 15) is 4.79 Å².